The van der Waals surface area contributed by atoms with Gasteiger partial charge >= 0.3 is 12.1 Å². The maximum Gasteiger partial charge on any atom is 0.407 e. The lowest BCUT2D eigenvalue weighted by Crippen LogP contribution is -2.40. The van der Waals surface area contributed by atoms with Gasteiger partial charge in [-0.1, -0.05) is 55.5 Å². The minimum Gasteiger partial charge on any atom is -0.478 e. The zero-order valence-corrected chi connectivity index (χ0v) is 19.7. The molecule has 2 amide bonds. The van der Waals surface area contributed by atoms with Crippen molar-refractivity contribution in [2.45, 2.75) is 31.7 Å². The molecule has 0 fully saturated rings. The molecule has 0 aromatic heterocycles. The molecule has 3 aromatic carbocycles. The molecule has 1 unspecified atom stereocenters. The second kappa shape index (κ2) is 10.4. The van der Waals surface area contributed by atoms with Crippen LogP contribution in [-0.4, -0.2) is 42.8 Å². The molecule has 3 aromatic rings. The molecule has 0 spiro atoms. The molecule has 35 heavy (non-hydrogen) atoms. The molecule has 1 aliphatic rings. The third-order valence-corrected chi connectivity index (χ3v) is 6.46. The van der Waals surface area contributed by atoms with E-state index in [1.807, 2.05) is 31.2 Å². The molecule has 0 saturated heterocycles. The number of ether oxygens (including phenoxy) is 1. The molecule has 1 atom stereocenters. The van der Waals surface area contributed by atoms with E-state index in [1.165, 1.54) is 17.0 Å². The lowest BCUT2D eigenvalue weighted by Gasteiger charge is -2.22. The summed E-state index contributed by atoms with van der Waals surface area (Å²) in [5.74, 6) is -1.25. The van der Waals surface area contributed by atoms with Crippen molar-refractivity contribution in [2.24, 2.45) is 0 Å². The minimum atomic E-state index is -1.02. The topological polar surface area (TPSA) is 95.9 Å². The van der Waals surface area contributed by atoms with E-state index < -0.39 is 12.1 Å². The lowest BCUT2D eigenvalue weighted by molar-refractivity contribution is -0.118. The third kappa shape index (κ3) is 5.19. The second-order valence-corrected chi connectivity index (χ2v) is 8.58. The van der Waals surface area contributed by atoms with Crippen LogP contribution in [0.2, 0.25) is 0 Å². The number of hydrogen-bond acceptors (Lipinski definition) is 4. The lowest BCUT2D eigenvalue weighted by atomic mass is 9.98. The van der Waals surface area contributed by atoms with Crippen molar-refractivity contribution < 1.29 is 24.2 Å². The number of nitrogens with one attached hydrogen (secondary N) is 1. The Bertz CT molecular complexity index is 1190. The Kier molecular flexibility index (Phi) is 7.15. The third-order valence-electron chi connectivity index (χ3n) is 6.46. The molecule has 180 valence electrons. The summed E-state index contributed by atoms with van der Waals surface area (Å²) in [4.78, 5) is 37.9. The minimum absolute atomic E-state index is 0.0326. The fourth-order valence-electron chi connectivity index (χ4n) is 4.42. The predicted molar refractivity (Wildman–Crippen MR) is 134 cm³/mol. The van der Waals surface area contributed by atoms with Crippen molar-refractivity contribution in [3.8, 4) is 11.1 Å². The first-order valence-corrected chi connectivity index (χ1v) is 11.6. The summed E-state index contributed by atoms with van der Waals surface area (Å²) in [5.41, 5.74) is 5.33. The first-order valence-electron chi connectivity index (χ1n) is 11.6. The number of hydrogen-bond donors (Lipinski definition) is 2. The number of carbonyl (C=O) groups is 3. The monoisotopic (exact) mass is 472 g/mol. The van der Waals surface area contributed by atoms with E-state index in [4.69, 9.17) is 9.84 Å². The number of alkyl carbamates (subject to hydrolysis) is 1. The van der Waals surface area contributed by atoms with Crippen molar-refractivity contribution in [3.63, 3.8) is 0 Å². The Morgan fingerprint density at radius 3 is 2.06 bits per heavy atom. The Morgan fingerprint density at radius 2 is 1.51 bits per heavy atom. The van der Waals surface area contributed by atoms with E-state index >= 15 is 0 Å². The van der Waals surface area contributed by atoms with Gasteiger partial charge in [0, 0.05) is 31.1 Å². The quantitative estimate of drug-likeness (QED) is 0.478. The van der Waals surface area contributed by atoms with Gasteiger partial charge in [0.15, 0.2) is 0 Å². The Labute approximate surface area is 204 Å². The summed E-state index contributed by atoms with van der Waals surface area (Å²) in [6.45, 7) is 2.10. The molecule has 0 bridgehead atoms. The number of benzene rings is 3. The number of nitrogens with zero attached hydrogens (tertiary/aromatic N) is 1. The van der Waals surface area contributed by atoms with Gasteiger partial charge in [-0.2, -0.15) is 0 Å². The fraction of sp³-hybridized carbons (Fsp3) is 0.250. The van der Waals surface area contributed by atoms with Gasteiger partial charge in [-0.05, 0) is 52.9 Å². The molecular weight excluding hydrogens is 444 g/mol. The summed E-state index contributed by atoms with van der Waals surface area (Å²) >= 11 is 0. The van der Waals surface area contributed by atoms with Crippen molar-refractivity contribution >= 4 is 23.7 Å². The van der Waals surface area contributed by atoms with E-state index in [0.29, 0.717) is 12.1 Å². The Hall–Kier alpha value is -4.13. The molecule has 1 aliphatic carbocycles. The highest BCUT2D eigenvalue weighted by atomic mass is 16.5. The summed E-state index contributed by atoms with van der Waals surface area (Å²) in [6, 6.07) is 22.0. The van der Waals surface area contributed by atoms with E-state index in [1.54, 1.807) is 19.2 Å². The van der Waals surface area contributed by atoms with Gasteiger partial charge in [-0.25, -0.2) is 9.59 Å². The van der Waals surface area contributed by atoms with E-state index in [-0.39, 0.29) is 36.5 Å². The van der Waals surface area contributed by atoms with Crippen LogP contribution < -0.4 is 10.2 Å². The molecule has 7 nitrogen and oxygen atoms in total. The largest absolute Gasteiger partial charge is 0.478 e. The van der Waals surface area contributed by atoms with Gasteiger partial charge in [0.25, 0.3) is 0 Å². The average Bonchev–Trinajstić information content (AvgIpc) is 3.20. The molecule has 0 aliphatic heterocycles. The van der Waals surface area contributed by atoms with Crippen LogP contribution in [0.5, 0.6) is 0 Å². The normalized spacial score (nSPS) is 12.9. The van der Waals surface area contributed by atoms with Gasteiger partial charge in [0.1, 0.15) is 6.61 Å². The number of amides is 2. The van der Waals surface area contributed by atoms with Crippen molar-refractivity contribution in [2.75, 3.05) is 18.6 Å². The maximum atomic E-state index is 12.8. The number of carboxylic acids is 1. The fourth-order valence-corrected chi connectivity index (χ4v) is 4.42. The van der Waals surface area contributed by atoms with E-state index in [9.17, 15) is 14.4 Å². The van der Waals surface area contributed by atoms with Crippen LogP contribution in [-0.2, 0) is 9.53 Å². The molecule has 7 heteroatoms. The molecule has 0 saturated carbocycles. The first-order chi connectivity index (χ1) is 16.9. The number of rotatable bonds is 8. The number of anilines is 1. The Balaban J connectivity index is 1.34. The average molecular weight is 473 g/mol. The number of carboxylic acid groups (broad SMARTS) is 1. The number of fused-ring (bicyclic) bond motifs is 3. The number of carbonyl (C=O) groups excluding carboxylic acids is 2. The summed E-state index contributed by atoms with van der Waals surface area (Å²) in [6.07, 6.45) is 0.0968. The van der Waals surface area contributed by atoms with Gasteiger partial charge in [0.05, 0.1) is 5.56 Å². The maximum absolute atomic E-state index is 12.8. The molecule has 0 heterocycles. The molecular formula is C28H28N2O5. The van der Waals surface area contributed by atoms with Gasteiger partial charge in [-0.15, -0.1) is 0 Å². The smallest absolute Gasteiger partial charge is 0.407 e. The highest BCUT2D eigenvalue weighted by molar-refractivity contribution is 5.94. The molecule has 0 radical (unpaired) electrons. The van der Waals surface area contributed by atoms with Crippen molar-refractivity contribution in [3.05, 3.63) is 89.5 Å². The highest BCUT2D eigenvalue weighted by Crippen LogP contribution is 2.44. The summed E-state index contributed by atoms with van der Waals surface area (Å²) < 4.78 is 5.60. The molecule has 4 rings (SSSR count). The summed E-state index contributed by atoms with van der Waals surface area (Å²) in [7, 11) is 1.62. The SMILES string of the molecule is CCC(CC(=O)N(C)c1ccc(C(=O)O)cc1)NC(=O)OCC1c2ccccc2-c2ccccc21. The van der Waals surface area contributed by atoms with Crippen LogP contribution in [0.1, 0.15) is 47.2 Å². The van der Waals surface area contributed by atoms with Crippen LogP contribution in [0.3, 0.4) is 0 Å². The van der Waals surface area contributed by atoms with Crippen molar-refractivity contribution in [1.82, 2.24) is 5.32 Å². The van der Waals surface area contributed by atoms with Gasteiger partial charge in [-0.3, -0.25) is 4.79 Å². The van der Waals surface area contributed by atoms with Gasteiger partial charge < -0.3 is 20.1 Å². The predicted octanol–water partition coefficient (Wildman–Crippen LogP) is 5.06. The number of aromatic carboxylic acids is 1. The second-order valence-electron chi connectivity index (χ2n) is 8.58. The Morgan fingerprint density at radius 1 is 0.943 bits per heavy atom. The standard InChI is InChI=1S/C28H28N2O5/c1-3-19(16-26(31)30(2)20-14-12-18(13-15-20)27(32)33)29-28(34)35-17-25-23-10-6-4-8-21(23)22-9-5-7-11-24(22)25/h4-15,19,25H,3,16-17H2,1-2H3,(H,29,34)(H,32,33). The zero-order chi connectivity index (χ0) is 24.9. The summed E-state index contributed by atoms with van der Waals surface area (Å²) in [5, 5.41) is 11.8. The van der Waals surface area contributed by atoms with Crippen LogP contribution in [0.25, 0.3) is 11.1 Å². The van der Waals surface area contributed by atoms with Crippen LogP contribution in [0.15, 0.2) is 72.8 Å². The van der Waals surface area contributed by atoms with E-state index in [0.717, 1.165) is 22.3 Å². The highest BCUT2D eigenvalue weighted by Gasteiger charge is 2.29. The molecule has 2 N–H and O–H groups in total. The van der Waals surface area contributed by atoms with Crippen LogP contribution in [0.4, 0.5) is 10.5 Å². The van der Waals surface area contributed by atoms with E-state index in [2.05, 4.69) is 29.6 Å². The van der Waals surface area contributed by atoms with Crippen molar-refractivity contribution in [1.29, 1.82) is 0 Å². The first kappa shape index (κ1) is 24.0. The zero-order valence-electron chi connectivity index (χ0n) is 19.7. The van der Waals surface area contributed by atoms with Crippen LogP contribution >= 0.6 is 0 Å². The van der Waals surface area contributed by atoms with Gasteiger partial charge in [0.2, 0.25) is 5.91 Å². The van der Waals surface area contributed by atoms with Crippen LogP contribution in [0, 0.1) is 0 Å².